The Morgan fingerprint density at radius 3 is 3.05 bits per heavy atom. The van der Waals surface area contributed by atoms with Crippen molar-refractivity contribution >= 4 is 22.4 Å². The fraction of sp³-hybridized carbons (Fsp3) is 0.154. The predicted molar refractivity (Wildman–Crippen MR) is 73.0 cm³/mol. The average molecular weight is 273 g/mol. The number of aromatic nitrogens is 2. The smallest absolute Gasteiger partial charge is 0.277 e. The minimum atomic E-state index is -0.364. The molecule has 6 heteroatoms. The molecule has 5 nitrogen and oxygen atoms in total. The van der Waals surface area contributed by atoms with Crippen molar-refractivity contribution in [2.45, 2.75) is 6.92 Å². The summed E-state index contributed by atoms with van der Waals surface area (Å²) in [5.74, 6) is 4.83. The number of amides is 1. The van der Waals surface area contributed by atoms with Crippen LogP contribution >= 0.6 is 11.3 Å². The zero-order valence-corrected chi connectivity index (χ0v) is 11.0. The molecule has 0 aromatic carbocycles. The molecule has 0 aliphatic carbocycles. The molecule has 0 saturated carbocycles. The van der Waals surface area contributed by atoms with Crippen LogP contribution in [0.1, 0.15) is 20.9 Å². The molecule has 2 aromatic rings. The molecular weight excluding hydrogens is 262 g/mol. The van der Waals surface area contributed by atoms with E-state index in [0.717, 1.165) is 4.88 Å². The second-order valence-corrected chi connectivity index (χ2v) is 4.82. The van der Waals surface area contributed by atoms with Gasteiger partial charge in [-0.2, -0.15) is 0 Å². The van der Waals surface area contributed by atoms with Gasteiger partial charge in [-0.15, -0.1) is 11.3 Å². The highest BCUT2D eigenvalue weighted by atomic mass is 32.1. The van der Waals surface area contributed by atoms with Crippen molar-refractivity contribution in [1.29, 1.82) is 0 Å². The average Bonchev–Trinajstić information content (AvgIpc) is 2.82. The number of nitrogens with one attached hydrogen (secondary N) is 1. The zero-order valence-electron chi connectivity index (χ0n) is 10.2. The Hall–Kier alpha value is -2.23. The quantitative estimate of drug-likeness (QED) is 0.812. The highest BCUT2D eigenvalue weighted by Gasteiger charge is 2.13. The first-order valence-electron chi connectivity index (χ1n) is 5.49. The minimum Gasteiger partial charge on any atom is -0.384 e. The number of rotatable bonds is 2. The molecule has 0 aliphatic heterocycles. The van der Waals surface area contributed by atoms with Gasteiger partial charge in [-0.25, -0.2) is 9.97 Å². The van der Waals surface area contributed by atoms with Crippen LogP contribution in [0.5, 0.6) is 0 Å². The second-order valence-electron chi connectivity index (χ2n) is 3.59. The van der Waals surface area contributed by atoms with E-state index in [-0.39, 0.29) is 18.2 Å². The summed E-state index contributed by atoms with van der Waals surface area (Å²) in [6.07, 6.45) is 3.21. The molecule has 0 atom stereocenters. The summed E-state index contributed by atoms with van der Waals surface area (Å²) in [6.45, 7) is 1.65. The Kier molecular flexibility index (Phi) is 4.23. The van der Waals surface area contributed by atoms with Crippen LogP contribution in [0.3, 0.4) is 0 Å². The summed E-state index contributed by atoms with van der Waals surface area (Å²) in [6, 6.07) is 3.36. The van der Waals surface area contributed by atoms with E-state index in [1.165, 1.54) is 17.5 Å². The molecule has 0 fully saturated rings. The van der Waals surface area contributed by atoms with Crippen LogP contribution < -0.4 is 5.32 Å². The van der Waals surface area contributed by atoms with E-state index in [9.17, 15) is 4.79 Å². The van der Waals surface area contributed by atoms with Gasteiger partial charge in [0, 0.05) is 17.3 Å². The third-order valence-electron chi connectivity index (χ3n) is 2.17. The van der Waals surface area contributed by atoms with Gasteiger partial charge in [-0.05, 0) is 19.1 Å². The molecule has 1 amide bonds. The Bertz CT molecular complexity index is 655. The van der Waals surface area contributed by atoms with Gasteiger partial charge in [-0.1, -0.05) is 11.8 Å². The van der Waals surface area contributed by atoms with Crippen molar-refractivity contribution in [3.63, 3.8) is 0 Å². The molecule has 2 N–H and O–H groups in total. The normalized spacial score (nSPS) is 9.58. The number of hydrogen-bond acceptors (Lipinski definition) is 5. The van der Waals surface area contributed by atoms with Gasteiger partial charge in [-0.3, -0.25) is 10.1 Å². The monoisotopic (exact) mass is 273 g/mol. The first-order valence-corrected chi connectivity index (χ1v) is 6.31. The summed E-state index contributed by atoms with van der Waals surface area (Å²) in [4.78, 5) is 21.2. The van der Waals surface area contributed by atoms with Crippen molar-refractivity contribution < 1.29 is 9.90 Å². The fourth-order valence-corrected chi connectivity index (χ4v) is 2.05. The standard InChI is InChI=1S/C13H11N3O2S/c1-9-8-15-13(19-9)16-12(18)11-10(5-3-7-17)4-2-6-14-11/h2,4,6,8,17H,7H2,1H3,(H,15,16,18). The molecule has 2 aromatic heterocycles. The maximum Gasteiger partial charge on any atom is 0.277 e. The first kappa shape index (κ1) is 13.2. The van der Waals surface area contributed by atoms with Crippen LogP contribution in [0.25, 0.3) is 0 Å². The van der Waals surface area contributed by atoms with E-state index < -0.39 is 0 Å². The number of thiazole rings is 1. The van der Waals surface area contributed by atoms with Crippen molar-refractivity contribution in [2.75, 3.05) is 11.9 Å². The number of hydrogen-bond donors (Lipinski definition) is 2. The van der Waals surface area contributed by atoms with Gasteiger partial charge < -0.3 is 5.11 Å². The Morgan fingerprint density at radius 2 is 2.37 bits per heavy atom. The van der Waals surface area contributed by atoms with Gasteiger partial charge in [0.25, 0.3) is 5.91 Å². The van der Waals surface area contributed by atoms with Crippen LogP contribution in [0.4, 0.5) is 5.13 Å². The molecule has 19 heavy (non-hydrogen) atoms. The Labute approximate surface area is 114 Å². The highest BCUT2D eigenvalue weighted by molar-refractivity contribution is 7.15. The van der Waals surface area contributed by atoms with Crippen LogP contribution in [0, 0.1) is 18.8 Å². The topological polar surface area (TPSA) is 75.1 Å². The lowest BCUT2D eigenvalue weighted by molar-refractivity contribution is 0.102. The van der Waals surface area contributed by atoms with Crippen LogP contribution in [-0.4, -0.2) is 27.6 Å². The molecule has 0 spiro atoms. The molecule has 2 heterocycles. The third kappa shape index (κ3) is 3.37. The molecule has 0 unspecified atom stereocenters. The lowest BCUT2D eigenvalue weighted by Gasteiger charge is -2.02. The summed E-state index contributed by atoms with van der Waals surface area (Å²) in [5.41, 5.74) is 0.693. The molecule has 2 rings (SSSR count). The zero-order chi connectivity index (χ0) is 13.7. The van der Waals surface area contributed by atoms with Crippen molar-refractivity contribution in [2.24, 2.45) is 0 Å². The lowest BCUT2D eigenvalue weighted by Crippen LogP contribution is -2.15. The maximum absolute atomic E-state index is 12.1. The largest absolute Gasteiger partial charge is 0.384 e. The van der Waals surface area contributed by atoms with Gasteiger partial charge in [0.2, 0.25) is 0 Å². The van der Waals surface area contributed by atoms with Crippen LogP contribution in [0.2, 0.25) is 0 Å². The number of carbonyl (C=O) groups is 1. The number of carbonyl (C=O) groups excluding carboxylic acids is 1. The third-order valence-corrected chi connectivity index (χ3v) is 2.99. The number of aliphatic hydroxyl groups is 1. The maximum atomic E-state index is 12.1. The molecule has 0 radical (unpaired) electrons. The molecule has 96 valence electrons. The van der Waals surface area contributed by atoms with E-state index in [4.69, 9.17) is 5.11 Å². The number of aryl methyl sites for hydroxylation is 1. The van der Waals surface area contributed by atoms with Crippen molar-refractivity contribution in [3.8, 4) is 11.8 Å². The molecular formula is C13H11N3O2S. The second kappa shape index (κ2) is 6.09. The summed E-state index contributed by atoms with van der Waals surface area (Å²) < 4.78 is 0. The van der Waals surface area contributed by atoms with E-state index in [1.807, 2.05) is 6.92 Å². The van der Waals surface area contributed by atoms with Gasteiger partial charge in [0.1, 0.15) is 12.3 Å². The summed E-state index contributed by atoms with van der Waals surface area (Å²) in [7, 11) is 0. The van der Waals surface area contributed by atoms with Crippen LogP contribution in [-0.2, 0) is 0 Å². The lowest BCUT2D eigenvalue weighted by atomic mass is 10.2. The number of aliphatic hydroxyl groups excluding tert-OH is 1. The van der Waals surface area contributed by atoms with E-state index in [0.29, 0.717) is 10.7 Å². The van der Waals surface area contributed by atoms with Gasteiger partial charge in [0.15, 0.2) is 5.13 Å². The first-order chi connectivity index (χ1) is 9.20. The van der Waals surface area contributed by atoms with E-state index in [2.05, 4.69) is 27.1 Å². The SMILES string of the molecule is Cc1cnc(NC(=O)c2ncccc2C#CCO)s1. The minimum absolute atomic E-state index is 0.219. The highest BCUT2D eigenvalue weighted by Crippen LogP contribution is 2.17. The fourth-order valence-electron chi connectivity index (χ4n) is 1.39. The van der Waals surface area contributed by atoms with Crippen molar-refractivity contribution in [1.82, 2.24) is 9.97 Å². The van der Waals surface area contributed by atoms with Gasteiger partial charge in [0.05, 0.1) is 5.56 Å². The van der Waals surface area contributed by atoms with Gasteiger partial charge >= 0.3 is 0 Å². The van der Waals surface area contributed by atoms with E-state index in [1.54, 1.807) is 18.3 Å². The van der Waals surface area contributed by atoms with E-state index >= 15 is 0 Å². The number of nitrogens with zero attached hydrogens (tertiary/aromatic N) is 2. The van der Waals surface area contributed by atoms with Crippen LogP contribution in [0.15, 0.2) is 24.5 Å². The summed E-state index contributed by atoms with van der Waals surface area (Å²) >= 11 is 1.39. The number of anilines is 1. The predicted octanol–water partition coefficient (Wildman–Crippen LogP) is 1.44. The Balaban J connectivity index is 2.23. The Morgan fingerprint density at radius 1 is 1.53 bits per heavy atom. The number of pyridine rings is 1. The molecule has 0 bridgehead atoms. The molecule has 0 aliphatic rings. The molecule has 0 saturated heterocycles. The van der Waals surface area contributed by atoms with Crippen molar-refractivity contribution in [3.05, 3.63) is 40.7 Å². The summed E-state index contributed by atoms with van der Waals surface area (Å²) in [5, 5.41) is 11.9.